The van der Waals surface area contributed by atoms with Gasteiger partial charge < -0.3 is 9.64 Å². The van der Waals surface area contributed by atoms with E-state index >= 15 is 0 Å². The first-order valence-electron chi connectivity index (χ1n) is 8.23. The van der Waals surface area contributed by atoms with E-state index in [9.17, 15) is 8.42 Å². The predicted molar refractivity (Wildman–Crippen MR) is 103 cm³/mol. The molecule has 7 nitrogen and oxygen atoms in total. The molecule has 0 bridgehead atoms. The average molecular weight is 417 g/mol. The Morgan fingerprint density at radius 1 is 1.31 bits per heavy atom. The van der Waals surface area contributed by atoms with E-state index < -0.39 is 10.0 Å². The van der Waals surface area contributed by atoms with Crippen molar-refractivity contribution in [2.24, 2.45) is 5.92 Å². The second-order valence-electron chi connectivity index (χ2n) is 6.18. The van der Waals surface area contributed by atoms with Crippen LogP contribution < -0.4 is 9.64 Å². The fraction of sp³-hybridized carbons (Fsp3) is 0.500. The van der Waals surface area contributed by atoms with Crippen molar-refractivity contribution < 1.29 is 13.2 Å². The van der Waals surface area contributed by atoms with Crippen LogP contribution in [0.1, 0.15) is 12.8 Å². The molecule has 10 heteroatoms. The van der Waals surface area contributed by atoms with Crippen LogP contribution in [0.3, 0.4) is 0 Å². The molecule has 2 aromatic rings. The van der Waals surface area contributed by atoms with Crippen molar-refractivity contribution in [1.82, 2.24) is 14.3 Å². The fourth-order valence-corrected chi connectivity index (χ4v) is 6.20. The molecule has 3 heterocycles. The smallest absolute Gasteiger partial charge is 0.257 e. The zero-order chi connectivity index (χ0) is 18.7. The predicted octanol–water partition coefficient (Wildman–Crippen LogP) is 2.74. The molecule has 26 heavy (non-hydrogen) atoms. The van der Waals surface area contributed by atoms with Crippen molar-refractivity contribution in [2.75, 3.05) is 38.7 Å². The molecule has 0 spiro atoms. The van der Waals surface area contributed by atoms with Gasteiger partial charge in [0.05, 0.1) is 11.4 Å². The Kier molecular flexibility index (Phi) is 6.01. The SMILES string of the molecule is COc1nccnc1N(C)CC1CCN(S(=O)(=O)c2ccc(Cl)s2)CC1. The van der Waals surface area contributed by atoms with E-state index in [1.54, 1.807) is 35.9 Å². The van der Waals surface area contributed by atoms with Gasteiger partial charge in [0.25, 0.3) is 15.9 Å². The van der Waals surface area contributed by atoms with Gasteiger partial charge in [-0.15, -0.1) is 11.3 Å². The summed E-state index contributed by atoms with van der Waals surface area (Å²) >= 11 is 6.98. The van der Waals surface area contributed by atoms with Gasteiger partial charge in [-0.05, 0) is 30.9 Å². The summed E-state index contributed by atoms with van der Waals surface area (Å²) in [6.07, 6.45) is 4.82. The topological polar surface area (TPSA) is 75.6 Å². The number of ether oxygens (including phenoxy) is 1. The van der Waals surface area contributed by atoms with E-state index in [1.165, 1.54) is 0 Å². The van der Waals surface area contributed by atoms with Gasteiger partial charge in [-0.1, -0.05) is 11.6 Å². The summed E-state index contributed by atoms with van der Waals surface area (Å²) in [5, 5.41) is 0. The van der Waals surface area contributed by atoms with Crippen LogP contribution in [0.5, 0.6) is 5.88 Å². The lowest BCUT2D eigenvalue weighted by molar-refractivity contribution is 0.276. The molecular formula is C16H21ClN4O3S2. The number of thiophene rings is 1. The molecule has 0 unspecified atom stereocenters. The van der Waals surface area contributed by atoms with E-state index in [-0.39, 0.29) is 0 Å². The lowest BCUT2D eigenvalue weighted by Gasteiger charge is -2.33. The molecule has 1 aliphatic rings. The highest BCUT2D eigenvalue weighted by molar-refractivity contribution is 7.91. The van der Waals surface area contributed by atoms with Crippen molar-refractivity contribution >= 4 is 38.8 Å². The van der Waals surface area contributed by atoms with Crippen molar-refractivity contribution in [3.05, 3.63) is 28.9 Å². The molecule has 1 aliphatic heterocycles. The molecule has 0 radical (unpaired) electrons. The third-order valence-corrected chi connectivity index (χ3v) is 8.05. The number of aromatic nitrogens is 2. The minimum atomic E-state index is -3.44. The standard InChI is InChI=1S/C16H21ClN4O3S2/c1-20(15-16(24-2)19-8-7-18-15)11-12-5-9-21(10-6-12)26(22,23)14-4-3-13(17)25-14/h3-4,7-8,12H,5-6,9-11H2,1-2H3. The Morgan fingerprint density at radius 3 is 2.62 bits per heavy atom. The van der Waals surface area contributed by atoms with E-state index in [0.29, 0.717) is 39.3 Å². The Labute approximate surface area is 162 Å². The summed E-state index contributed by atoms with van der Waals surface area (Å²) in [4.78, 5) is 10.5. The maximum atomic E-state index is 12.7. The Balaban J connectivity index is 1.60. The normalized spacial score (nSPS) is 16.6. The summed E-state index contributed by atoms with van der Waals surface area (Å²) < 4.78 is 32.9. The summed E-state index contributed by atoms with van der Waals surface area (Å²) in [5.74, 6) is 1.56. The van der Waals surface area contributed by atoms with Crippen LogP contribution in [0.15, 0.2) is 28.7 Å². The Morgan fingerprint density at radius 2 is 2.00 bits per heavy atom. The van der Waals surface area contributed by atoms with Gasteiger partial charge in [0.15, 0.2) is 5.82 Å². The van der Waals surface area contributed by atoms with E-state index in [2.05, 4.69) is 9.97 Å². The molecule has 0 atom stereocenters. The molecule has 1 fully saturated rings. The van der Waals surface area contributed by atoms with Crippen LogP contribution in [-0.2, 0) is 10.0 Å². The number of hydrogen-bond acceptors (Lipinski definition) is 7. The quantitative estimate of drug-likeness (QED) is 0.720. The van der Waals surface area contributed by atoms with Crippen molar-refractivity contribution in [3.8, 4) is 5.88 Å². The molecular weight excluding hydrogens is 396 g/mol. The van der Waals surface area contributed by atoms with Crippen LogP contribution >= 0.6 is 22.9 Å². The van der Waals surface area contributed by atoms with E-state index in [4.69, 9.17) is 16.3 Å². The van der Waals surface area contributed by atoms with Crippen LogP contribution in [0.25, 0.3) is 0 Å². The molecule has 0 N–H and O–H groups in total. The van der Waals surface area contributed by atoms with Crippen molar-refractivity contribution in [3.63, 3.8) is 0 Å². The second-order valence-corrected chi connectivity index (χ2v) is 10.1. The Hall–Kier alpha value is -1.42. The Bertz CT molecular complexity index is 851. The third kappa shape index (κ3) is 4.11. The first-order valence-corrected chi connectivity index (χ1v) is 10.9. The lowest BCUT2D eigenvalue weighted by atomic mass is 9.98. The molecule has 1 saturated heterocycles. The number of anilines is 1. The van der Waals surface area contributed by atoms with Gasteiger partial charge in [-0.2, -0.15) is 4.31 Å². The number of halogens is 1. The molecule has 0 aliphatic carbocycles. The van der Waals surface area contributed by atoms with Gasteiger partial charge in [-0.3, -0.25) is 0 Å². The van der Waals surface area contributed by atoms with Gasteiger partial charge in [-0.25, -0.2) is 18.4 Å². The minimum Gasteiger partial charge on any atom is -0.478 e. The highest BCUT2D eigenvalue weighted by atomic mass is 35.5. The van der Waals surface area contributed by atoms with Crippen LogP contribution in [0.4, 0.5) is 5.82 Å². The van der Waals surface area contributed by atoms with Crippen LogP contribution in [-0.4, -0.2) is 56.5 Å². The first-order chi connectivity index (χ1) is 12.4. The highest BCUT2D eigenvalue weighted by Gasteiger charge is 2.31. The van der Waals surface area contributed by atoms with Crippen molar-refractivity contribution in [2.45, 2.75) is 17.1 Å². The molecule has 0 saturated carbocycles. The third-order valence-electron chi connectivity index (χ3n) is 4.45. The number of hydrogen-bond donors (Lipinski definition) is 0. The number of methoxy groups -OCH3 is 1. The van der Waals surface area contributed by atoms with Gasteiger partial charge in [0, 0.05) is 39.1 Å². The second kappa shape index (κ2) is 8.08. The van der Waals surface area contributed by atoms with Gasteiger partial charge >= 0.3 is 0 Å². The van der Waals surface area contributed by atoms with Crippen LogP contribution in [0.2, 0.25) is 4.34 Å². The molecule has 0 amide bonds. The number of rotatable bonds is 6. The summed E-state index contributed by atoms with van der Waals surface area (Å²) in [7, 11) is 0.0742. The first kappa shape index (κ1) is 19.3. The summed E-state index contributed by atoms with van der Waals surface area (Å²) in [6.45, 7) is 1.79. The average Bonchev–Trinajstić information content (AvgIpc) is 3.09. The monoisotopic (exact) mass is 416 g/mol. The van der Waals surface area contributed by atoms with Crippen molar-refractivity contribution in [1.29, 1.82) is 0 Å². The summed E-state index contributed by atoms with van der Waals surface area (Å²) in [5.41, 5.74) is 0. The molecule has 3 rings (SSSR count). The minimum absolute atomic E-state index is 0.308. The number of piperidine rings is 1. The molecule has 0 aromatic carbocycles. The summed E-state index contributed by atoms with van der Waals surface area (Å²) in [6, 6.07) is 3.19. The maximum Gasteiger partial charge on any atom is 0.257 e. The maximum absolute atomic E-state index is 12.7. The van der Waals surface area contributed by atoms with E-state index in [0.717, 1.165) is 30.7 Å². The number of sulfonamides is 1. The zero-order valence-corrected chi connectivity index (χ0v) is 17.0. The lowest BCUT2D eigenvalue weighted by Crippen LogP contribution is -2.41. The van der Waals surface area contributed by atoms with Gasteiger partial charge in [0.1, 0.15) is 4.21 Å². The van der Waals surface area contributed by atoms with Crippen LogP contribution in [0, 0.1) is 5.92 Å². The number of nitrogens with zero attached hydrogens (tertiary/aromatic N) is 4. The highest BCUT2D eigenvalue weighted by Crippen LogP contribution is 2.31. The van der Waals surface area contributed by atoms with E-state index in [1.807, 2.05) is 11.9 Å². The van der Waals surface area contributed by atoms with Gasteiger partial charge in [0.2, 0.25) is 0 Å². The molecule has 142 valence electrons. The largest absolute Gasteiger partial charge is 0.478 e. The molecule has 2 aromatic heterocycles. The fourth-order valence-electron chi connectivity index (χ4n) is 3.09. The zero-order valence-electron chi connectivity index (χ0n) is 14.6.